The van der Waals surface area contributed by atoms with Gasteiger partial charge < -0.3 is 9.15 Å². The van der Waals surface area contributed by atoms with Crippen LogP contribution in [0.3, 0.4) is 0 Å². The summed E-state index contributed by atoms with van der Waals surface area (Å²) in [7, 11) is -3.69. The van der Waals surface area contributed by atoms with Crippen LogP contribution in [-0.2, 0) is 32.7 Å². The quantitative estimate of drug-likeness (QED) is 0.264. The van der Waals surface area contributed by atoms with Gasteiger partial charge in [0.1, 0.15) is 23.2 Å². The minimum atomic E-state index is -3.69. The Labute approximate surface area is 199 Å². The number of furan rings is 1. The molecule has 2 aromatic heterocycles. The maximum absolute atomic E-state index is 13.1. The molecule has 4 aromatic rings. The smallest absolute Gasteiger partial charge is 0.331 e. The highest BCUT2D eigenvalue weighted by Gasteiger charge is 2.14. The zero-order chi connectivity index (χ0) is 24.0. The lowest BCUT2D eigenvalue weighted by Gasteiger charge is -2.05. The van der Waals surface area contributed by atoms with Crippen LogP contribution in [0.2, 0.25) is 0 Å². The number of aromatic nitrogens is 1. The number of esters is 1. The van der Waals surface area contributed by atoms with Crippen molar-refractivity contribution in [2.75, 3.05) is 0 Å². The van der Waals surface area contributed by atoms with E-state index in [1.807, 2.05) is 0 Å². The number of hydrogen-bond donors (Lipinski definition) is 1. The van der Waals surface area contributed by atoms with Crippen molar-refractivity contribution >= 4 is 33.4 Å². The molecule has 174 valence electrons. The highest BCUT2D eigenvalue weighted by Crippen LogP contribution is 2.24. The Hall–Kier alpha value is -3.60. The number of carbonyl (C=O) groups is 1. The van der Waals surface area contributed by atoms with Gasteiger partial charge in [-0.25, -0.2) is 27.3 Å². The summed E-state index contributed by atoms with van der Waals surface area (Å²) in [4.78, 5) is 16.5. The van der Waals surface area contributed by atoms with E-state index in [9.17, 15) is 17.6 Å². The molecule has 0 amide bonds. The molecule has 1 N–H and O–H groups in total. The van der Waals surface area contributed by atoms with Gasteiger partial charge in [0.2, 0.25) is 10.0 Å². The molecule has 0 unspecified atom stereocenters. The molecular formula is C24H19FN2O5S2. The van der Waals surface area contributed by atoms with Crippen molar-refractivity contribution in [1.82, 2.24) is 9.71 Å². The number of ether oxygens (including phenoxy) is 1. The molecule has 0 saturated carbocycles. The minimum Gasteiger partial charge on any atom is -0.468 e. The lowest BCUT2D eigenvalue weighted by atomic mass is 10.2. The molecular weight excluding hydrogens is 479 g/mol. The number of nitrogens with zero attached hydrogens (tertiary/aromatic N) is 1. The van der Waals surface area contributed by atoms with E-state index in [4.69, 9.17) is 9.15 Å². The summed E-state index contributed by atoms with van der Waals surface area (Å²) >= 11 is 1.37. The molecule has 2 heterocycles. The zero-order valence-electron chi connectivity index (χ0n) is 17.7. The van der Waals surface area contributed by atoms with Gasteiger partial charge in [0.25, 0.3) is 0 Å². The van der Waals surface area contributed by atoms with Crippen molar-refractivity contribution in [2.45, 2.75) is 18.0 Å². The molecule has 0 aliphatic heterocycles. The van der Waals surface area contributed by atoms with Crippen LogP contribution in [-0.4, -0.2) is 19.4 Å². The highest BCUT2D eigenvalue weighted by atomic mass is 32.2. The predicted molar refractivity (Wildman–Crippen MR) is 126 cm³/mol. The summed E-state index contributed by atoms with van der Waals surface area (Å²) in [6.45, 7) is 0.0482. The number of benzene rings is 2. The number of rotatable bonds is 9. The molecule has 0 radical (unpaired) electrons. The van der Waals surface area contributed by atoms with Gasteiger partial charge in [-0.2, -0.15) is 0 Å². The summed E-state index contributed by atoms with van der Waals surface area (Å²) in [5, 5.41) is 2.48. The molecule has 10 heteroatoms. The Morgan fingerprint density at radius 2 is 1.88 bits per heavy atom. The van der Waals surface area contributed by atoms with Gasteiger partial charge >= 0.3 is 5.97 Å². The number of nitrogens with one attached hydrogen (secondary N) is 1. The van der Waals surface area contributed by atoms with Crippen LogP contribution in [0.1, 0.15) is 17.0 Å². The predicted octanol–water partition coefficient (Wildman–Crippen LogP) is 4.78. The van der Waals surface area contributed by atoms with Crippen molar-refractivity contribution < 1.29 is 26.8 Å². The Balaban J connectivity index is 1.29. The second-order valence-corrected chi connectivity index (χ2v) is 9.69. The Bertz CT molecular complexity index is 1380. The SMILES string of the molecule is O=C(/C=C/c1ccc(S(=O)(=O)NCc2ccco2)cc1)OCc1csc(-c2ccc(F)cc2)n1. The zero-order valence-corrected chi connectivity index (χ0v) is 19.3. The summed E-state index contributed by atoms with van der Waals surface area (Å²) in [6, 6.07) is 15.4. The van der Waals surface area contributed by atoms with Gasteiger partial charge in [-0.15, -0.1) is 11.3 Å². The monoisotopic (exact) mass is 498 g/mol. The third kappa shape index (κ3) is 6.25. The first-order chi connectivity index (χ1) is 16.4. The van der Waals surface area contributed by atoms with Gasteiger partial charge in [-0.05, 0) is 60.2 Å². The number of halogens is 1. The Kier molecular flexibility index (Phi) is 7.31. The van der Waals surface area contributed by atoms with Crippen molar-refractivity contribution in [2.24, 2.45) is 0 Å². The molecule has 0 atom stereocenters. The van der Waals surface area contributed by atoms with Crippen LogP contribution >= 0.6 is 11.3 Å². The molecule has 0 fully saturated rings. The largest absolute Gasteiger partial charge is 0.468 e. The standard InChI is InChI=1S/C24H19FN2O5S2/c25-19-8-6-18(7-9-19)24-27-20(16-33-24)15-32-23(28)12-5-17-3-10-22(11-4-17)34(29,30)26-14-21-2-1-13-31-21/h1-13,16,26H,14-15H2/b12-5+. The first-order valence-corrected chi connectivity index (χ1v) is 12.4. The summed E-state index contributed by atoms with van der Waals surface area (Å²) in [5.74, 6) is -0.377. The van der Waals surface area contributed by atoms with E-state index < -0.39 is 16.0 Å². The van der Waals surface area contributed by atoms with Crippen LogP contribution in [0.25, 0.3) is 16.6 Å². The van der Waals surface area contributed by atoms with E-state index in [-0.39, 0.29) is 23.9 Å². The summed E-state index contributed by atoms with van der Waals surface area (Å²) in [5.41, 5.74) is 2.00. The van der Waals surface area contributed by atoms with E-state index in [0.717, 1.165) is 5.56 Å². The highest BCUT2D eigenvalue weighted by molar-refractivity contribution is 7.89. The van der Waals surface area contributed by atoms with Crippen LogP contribution in [0.4, 0.5) is 4.39 Å². The summed E-state index contributed by atoms with van der Waals surface area (Å²) in [6.07, 6.45) is 4.25. The lowest BCUT2D eigenvalue weighted by molar-refractivity contribution is -0.139. The van der Waals surface area contributed by atoms with Crippen LogP contribution in [0, 0.1) is 5.82 Å². The summed E-state index contributed by atoms with van der Waals surface area (Å²) < 4.78 is 50.6. The van der Waals surface area contributed by atoms with Gasteiger partial charge in [-0.3, -0.25) is 0 Å². The lowest BCUT2D eigenvalue weighted by Crippen LogP contribution is -2.22. The molecule has 0 bridgehead atoms. The van der Waals surface area contributed by atoms with Crippen LogP contribution in [0.5, 0.6) is 0 Å². The fourth-order valence-corrected chi connectivity index (χ4v) is 4.68. The second-order valence-electron chi connectivity index (χ2n) is 7.06. The molecule has 4 rings (SSSR count). The molecule has 0 aliphatic rings. The minimum absolute atomic E-state index is 0.000607. The molecule has 7 nitrogen and oxygen atoms in total. The topological polar surface area (TPSA) is 98.5 Å². The number of thiazole rings is 1. The van der Waals surface area contributed by atoms with Gasteiger partial charge in [0.15, 0.2) is 0 Å². The third-order valence-electron chi connectivity index (χ3n) is 4.62. The number of carbonyl (C=O) groups excluding carboxylic acids is 1. The van der Waals surface area contributed by atoms with Gasteiger partial charge in [0.05, 0.1) is 23.4 Å². The van der Waals surface area contributed by atoms with E-state index in [1.54, 1.807) is 41.8 Å². The molecule has 0 spiro atoms. The third-order valence-corrected chi connectivity index (χ3v) is 6.98. The van der Waals surface area contributed by atoms with Crippen molar-refractivity contribution in [1.29, 1.82) is 0 Å². The molecule has 34 heavy (non-hydrogen) atoms. The Morgan fingerprint density at radius 1 is 1.12 bits per heavy atom. The number of sulfonamides is 1. The normalized spacial score (nSPS) is 11.7. The van der Waals surface area contributed by atoms with E-state index >= 15 is 0 Å². The molecule has 0 saturated heterocycles. The molecule has 2 aromatic carbocycles. The first-order valence-electron chi connectivity index (χ1n) is 10.1. The fourth-order valence-electron chi connectivity index (χ4n) is 2.88. The first kappa shape index (κ1) is 23.6. The van der Waals surface area contributed by atoms with Crippen LogP contribution in [0.15, 0.2) is 87.7 Å². The second kappa shape index (κ2) is 10.6. The Morgan fingerprint density at radius 3 is 2.59 bits per heavy atom. The average molecular weight is 499 g/mol. The van der Waals surface area contributed by atoms with Crippen molar-refractivity contribution in [3.63, 3.8) is 0 Å². The van der Waals surface area contributed by atoms with Crippen LogP contribution < -0.4 is 4.72 Å². The van der Waals surface area contributed by atoms with E-state index in [1.165, 1.54) is 54.0 Å². The van der Waals surface area contributed by atoms with Crippen molar-refractivity contribution in [3.8, 4) is 10.6 Å². The maximum Gasteiger partial charge on any atom is 0.331 e. The molecule has 0 aliphatic carbocycles. The average Bonchev–Trinajstić information content (AvgIpc) is 3.53. The van der Waals surface area contributed by atoms with Gasteiger partial charge in [0, 0.05) is 17.0 Å². The van der Waals surface area contributed by atoms with E-state index in [0.29, 0.717) is 22.0 Å². The van der Waals surface area contributed by atoms with Crippen molar-refractivity contribution in [3.05, 3.63) is 101 Å². The fraction of sp³-hybridized carbons (Fsp3) is 0.0833. The number of hydrogen-bond acceptors (Lipinski definition) is 7. The van der Waals surface area contributed by atoms with Gasteiger partial charge in [-0.1, -0.05) is 12.1 Å². The maximum atomic E-state index is 13.1. The van der Waals surface area contributed by atoms with E-state index in [2.05, 4.69) is 9.71 Å².